The molecule has 0 aromatic heterocycles. The first kappa shape index (κ1) is 20.3. The van der Waals surface area contributed by atoms with Crippen LogP contribution in [-0.2, 0) is 9.59 Å². The number of carbonyl (C=O) groups is 2. The second kappa shape index (κ2) is 8.74. The van der Waals surface area contributed by atoms with E-state index in [-0.39, 0.29) is 19.0 Å². The number of anilines is 2. The molecule has 0 aliphatic rings. The standard InChI is InChI=1S/C21H18F3N3O2/c1-27(12-19(29)26-17-9-8-16(22)20(23)21(17)24)11-18(28)25-15-7-6-13-4-2-3-5-14(13)10-15/h2-10H,11-12H2,1H3,(H,25,28)(H,26,29). The number of rotatable bonds is 6. The Labute approximate surface area is 165 Å². The van der Waals surface area contributed by atoms with Gasteiger partial charge in [0.15, 0.2) is 17.5 Å². The highest BCUT2D eigenvalue weighted by Crippen LogP contribution is 2.20. The highest BCUT2D eigenvalue weighted by atomic mass is 19.2. The molecule has 0 spiro atoms. The smallest absolute Gasteiger partial charge is 0.238 e. The van der Waals surface area contributed by atoms with E-state index in [0.29, 0.717) is 5.69 Å². The lowest BCUT2D eigenvalue weighted by Gasteiger charge is -2.16. The molecule has 2 amide bonds. The number of likely N-dealkylation sites (N-methyl/N-ethyl adjacent to an activating group) is 1. The number of benzene rings is 3. The molecule has 2 N–H and O–H groups in total. The monoisotopic (exact) mass is 401 g/mol. The normalized spacial score (nSPS) is 10.9. The third kappa shape index (κ3) is 5.11. The molecular formula is C21H18F3N3O2. The number of nitrogens with zero attached hydrogens (tertiary/aromatic N) is 1. The highest BCUT2D eigenvalue weighted by Gasteiger charge is 2.17. The van der Waals surface area contributed by atoms with Crippen molar-refractivity contribution in [1.29, 1.82) is 0 Å². The first-order valence-electron chi connectivity index (χ1n) is 8.74. The lowest BCUT2D eigenvalue weighted by Crippen LogP contribution is -2.36. The van der Waals surface area contributed by atoms with E-state index in [1.54, 1.807) is 6.07 Å². The van der Waals surface area contributed by atoms with Crippen molar-refractivity contribution in [3.63, 3.8) is 0 Å². The molecule has 0 atom stereocenters. The summed E-state index contributed by atoms with van der Waals surface area (Å²) in [6.45, 7) is -0.343. The van der Waals surface area contributed by atoms with E-state index in [2.05, 4.69) is 10.6 Å². The average molecular weight is 401 g/mol. The maximum atomic E-state index is 13.6. The molecule has 0 bridgehead atoms. The topological polar surface area (TPSA) is 61.4 Å². The summed E-state index contributed by atoms with van der Waals surface area (Å²) in [6, 6.07) is 14.9. The van der Waals surface area contributed by atoms with Gasteiger partial charge in [0.1, 0.15) is 0 Å². The molecular weight excluding hydrogens is 383 g/mol. The molecule has 0 aliphatic heterocycles. The molecule has 0 fully saturated rings. The molecule has 3 aromatic rings. The summed E-state index contributed by atoms with van der Waals surface area (Å²) in [7, 11) is 1.53. The molecule has 29 heavy (non-hydrogen) atoms. The zero-order chi connectivity index (χ0) is 21.0. The fourth-order valence-corrected chi connectivity index (χ4v) is 2.83. The van der Waals surface area contributed by atoms with E-state index in [1.165, 1.54) is 11.9 Å². The van der Waals surface area contributed by atoms with Crippen LogP contribution in [0.15, 0.2) is 54.6 Å². The van der Waals surface area contributed by atoms with Gasteiger partial charge in [0.2, 0.25) is 11.8 Å². The minimum atomic E-state index is -1.66. The Kier molecular flexibility index (Phi) is 6.13. The summed E-state index contributed by atoms with van der Waals surface area (Å²) in [5.74, 6) is -5.49. The fourth-order valence-electron chi connectivity index (χ4n) is 2.83. The lowest BCUT2D eigenvalue weighted by atomic mass is 10.1. The summed E-state index contributed by atoms with van der Waals surface area (Å²) in [6.07, 6.45) is 0. The number of carbonyl (C=O) groups excluding carboxylic acids is 2. The second-order valence-corrected chi connectivity index (χ2v) is 6.55. The van der Waals surface area contributed by atoms with Gasteiger partial charge in [-0.3, -0.25) is 14.5 Å². The third-order valence-electron chi connectivity index (χ3n) is 4.17. The first-order chi connectivity index (χ1) is 13.8. The van der Waals surface area contributed by atoms with Crippen LogP contribution in [0, 0.1) is 17.5 Å². The molecule has 8 heteroatoms. The molecule has 150 valence electrons. The van der Waals surface area contributed by atoms with E-state index in [9.17, 15) is 22.8 Å². The third-order valence-corrected chi connectivity index (χ3v) is 4.17. The molecule has 3 aromatic carbocycles. The van der Waals surface area contributed by atoms with Gasteiger partial charge in [-0.1, -0.05) is 30.3 Å². The molecule has 0 heterocycles. The Morgan fingerprint density at radius 3 is 2.21 bits per heavy atom. The van der Waals surface area contributed by atoms with E-state index in [0.717, 1.165) is 22.9 Å². The van der Waals surface area contributed by atoms with Gasteiger partial charge >= 0.3 is 0 Å². The molecule has 0 radical (unpaired) electrons. The van der Waals surface area contributed by atoms with Crippen LogP contribution in [0.25, 0.3) is 10.8 Å². The minimum absolute atomic E-state index is 0.0967. The SMILES string of the molecule is CN(CC(=O)Nc1ccc2ccccc2c1)CC(=O)Nc1ccc(F)c(F)c1F. The molecule has 0 unspecified atom stereocenters. The van der Waals surface area contributed by atoms with Gasteiger partial charge in [0.05, 0.1) is 18.8 Å². The van der Waals surface area contributed by atoms with Crippen molar-refractivity contribution in [3.05, 3.63) is 72.0 Å². The summed E-state index contributed by atoms with van der Waals surface area (Å²) >= 11 is 0. The number of hydrogen-bond donors (Lipinski definition) is 2. The Morgan fingerprint density at radius 2 is 1.48 bits per heavy atom. The van der Waals surface area contributed by atoms with E-state index in [1.807, 2.05) is 36.4 Å². The van der Waals surface area contributed by atoms with Gasteiger partial charge in [0.25, 0.3) is 0 Å². The van der Waals surface area contributed by atoms with Crippen LogP contribution in [0.4, 0.5) is 24.5 Å². The molecule has 3 rings (SSSR count). The van der Waals surface area contributed by atoms with Crippen LogP contribution >= 0.6 is 0 Å². The first-order valence-corrected chi connectivity index (χ1v) is 8.74. The molecule has 0 saturated heterocycles. The Hall–Kier alpha value is -3.39. The van der Waals surface area contributed by atoms with E-state index in [4.69, 9.17) is 0 Å². The summed E-state index contributed by atoms with van der Waals surface area (Å²) in [5, 5.41) is 6.93. The van der Waals surface area contributed by atoms with Gasteiger partial charge in [-0.15, -0.1) is 0 Å². The number of amides is 2. The maximum Gasteiger partial charge on any atom is 0.238 e. The molecule has 5 nitrogen and oxygen atoms in total. The van der Waals surface area contributed by atoms with Crippen LogP contribution in [0.5, 0.6) is 0 Å². The van der Waals surface area contributed by atoms with E-state index < -0.39 is 29.0 Å². The van der Waals surface area contributed by atoms with Gasteiger partial charge in [-0.2, -0.15) is 0 Å². The number of halogens is 3. The predicted molar refractivity (Wildman–Crippen MR) is 105 cm³/mol. The van der Waals surface area contributed by atoms with Crippen molar-refractivity contribution in [3.8, 4) is 0 Å². The summed E-state index contributed by atoms with van der Waals surface area (Å²) in [5.41, 5.74) is 0.151. The average Bonchev–Trinajstić information content (AvgIpc) is 2.68. The van der Waals surface area contributed by atoms with Crippen molar-refractivity contribution < 1.29 is 22.8 Å². The number of fused-ring (bicyclic) bond motifs is 1. The van der Waals surface area contributed by atoms with E-state index >= 15 is 0 Å². The largest absolute Gasteiger partial charge is 0.325 e. The lowest BCUT2D eigenvalue weighted by molar-refractivity contribution is -0.119. The summed E-state index contributed by atoms with van der Waals surface area (Å²) < 4.78 is 39.8. The Balaban J connectivity index is 1.54. The van der Waals surface area contributed by atoms with Crippen LogP contribution in [-0.4, -0.2) is 36.9 Å². The number of hydrogen-bond acceptors (Lipinski definition) is 3. The van der Waals surface area contributed by atoms with Crippen molar-refractivity contribution in [2.24, 2.45) is 0 Å². The summed E-state index contributed by atoms with van der Waals surface area (Å²) in [4.78, 5) is 25.6. The maximum absolute atomic E-state index is 13.6. The van der Waals surface area contributed by atoms with Crippen LogP contribution in [0.2, 0.25) is 0 Å². The molecule has 0 saturated carbocycles. The highest BCUT2D eigenvalue weighted by molar-refractivity contribution is 5.96. The van der Waals surface area contributed by atoms with Crippen LogP contribution in [0.1, 0.15) is 0 Å². The Bertz CT molecular complexity index is 1070. The van der Waals surface area contributed by atoms with Gasteiger partial charge in [-0.25, -0.2) is 13.2 Å². The zero-order valence-electron chi connectivity index (χ0n) is 15.5. The zero-order valence-corrected chi connectivity index (χ0v) is 15.5. The fraction of sp³-hybridized carbons (Fsp3) is 0.143. The van der Waals surface area contributed by atoms with Crippen molar-refractivity contribution >= 4 is 34.0 Å². The Morgan fingerprint density at radius 1 is 0.828 bits per heavy atom. The van der Waals surface area contributed by atoms with Crippen LogP contribution < -0.4 is 10.6 Å². The van der Waals surface area contributed by atoms with Crippen molar-refractivity contribution in [1.82, 2.24) is 4.90 Å². The van der Waals surface area contributed by atoms with Gasteiger partial charge < -0.3 is 10.6 Å². The minimum Gasteiger partial charge on any atom is -0.325 e. The number of nitrogens with one attached hydrogen (secondary N) is 2. The van der Waals surface area contributed by atoms with Crippen LogP contribution in [0.3, 0.4) is 0 Å². The van der Waals surface area contributed by atoms with Crippen molar-refractivity contribution in [2.45, 2.75) is 0 Å². The second-order valence-electron chi connectivity index (χ2n) is 6.55. The quantitative estimate of drug-likeness (QED) is 0.619. The van der Waals surface area contributed by atoms with Gasteiger partial charge in [0, 0.05) is 5.69 Å². The predicted octanol–water partition coefficient (Wildman–Crippen LogP) is 3.77. The molecule has 0 aliphatic carbocycles. The van der Waals surface area contributed by atoms with Crippen molar-refractivity contribution in [2.75, 3.05) is 30.8 Å². The van der Waals surface area contributed by atoms with Gasteiger partial charge in [-0.05, 0) is 42.1 Å².